The summed E-state index contributed by atoms with van der Waals surface area (Å²) in [7, 11) is -0.980. The third-order valence-corrected chi connectivity index (χ3v) is 4.92. The number of hydrogen-bond acceptors (Lipinski definition) is 5. The molecule has 2 rings (SSSR count). The van der Waals surface area contributed by atoms with Crippen LogP contribution < -0.4 is 0 Å². The Morgan fingerprint density at radius 3 is 2.52 bits per heavy atom. The molecule has 1 fully saturated rings. The van der Waals surface area contributed by atoms with Crippen LogP contribution in [0.1, 0.15) is 17.0 Å². The summed E-state index contributed by atoms with van der Waals surface area (Å²) >= 11 is 0. The van der Waals surface area contributed by atoms with Crippen LogP contribution in [0, 0.1) is 5.92 Å². The maximum Gasteiger partial charge on any atom is 0.303 e. The van der Waals surface area contributed by atoms with Crippen LogP contribution in [0.3, 0.4) is 0 Å². The molecule has 0 aromatic carbocycles. The molecule has 1 aliphatic heterocycles. The van der Waals surface area contributed by atoms with Crippen molar-refractivity contribution in [1.82, 2.24) is 9.21 Å². The molecule has 1 aromatic rings. The van der Waals surface area contributed by atoms with Gasteiger partial charge >= 0.3 is 5.97 Å². The van der Waals surface area contributed by atoms with Crippen molar-refractivity contribution >= 4 is 21.9 Å². The lowest BCUT2D eigenvalue weighted by Gasteiger charge is -2.37. The Morgan fingerprint density at radius 2 is 2.00 bits per heavy atom. The molecule has 0 unspecified atom stereocenters. The van der Waals surface area contributed by atoms with Gasteiger partial charge in [-0.1, -0.05) is 0 Å². The maximum atomic E-state index is 12.0. The summed E-state index contributed by atoms with van der Waals surface area (Å²) in [5.74, 6) is -1.46. The van der Waals surface area contributed by atoms with Crippen molar-refractivity contribution in [3.05, 3.63) is 17.9 Å². The second-order valence-corrected chi connectivity index (χ2v) is 7.16. The molecule has 1 amide bonds. The van der Waals surface area contributed by atoms with Gasteiger partial charge in [-0.2, -0.15) is 0 Å². The van der Waals surface area contributed by atoms with E-state index in [1.54, 1.807) is 0 Å². The highest BCUT2D eigenvalue weighted by atomic mass is 32.2. The Labute approximate surface area is 122 Å². The molecule has 1 N–H and O–H groups in total. The van der Waals surface area contributed by atoms with Crippen molar-refractivity contribution in [2.45, 2.75) is 11.5 Å². The van der Waals surface area contributed by atoms with Crippen LogP contribution in [-0.2, 0) is 14.8 Å². The highest BCUT2D eigenvalue weighted by molar-refractivity contribution is 7.88. The first-order valence-corrected chi connectivity index (χ1v) is 7.69. The van der Waals surface area contributed by atoms with Crippen molar-refractivity contribution in [1.29, 1.82) is 0 Å². The lowest BCUT2D eigenvalue weighted by Crippen LogP contribution is -2.50. The number of nitrogens with zero attached hydrogens (tertiary/aromatic N) is 2. The average Bonchev–Trinajstić information content (AvgIpc) is 2.82. The van der Waals surface area contributed by atoms with E-state index in [2.05, 4.69) is 0 Å². The Bertz CT molecular complexity index is 657. The van der Waals surface area contributed by atoms with E-state index in [-0.39, 0.29) is 23.2 Å². The second-order valence-electron chi connectivity index (χ2n) is 5.08. The van der Waals surface area contributed by atoms with Gasteiger partial charge in [0.2, 0.25) is 5.09 Å². The number of hydrogen-bond donors (Lipinski definition) is 1. The summed E-state index contributed by atoms with van der Waals surface area (Å²) in [6, 6.07) is 2.54. The van der Waals surface area contributed by atoms with E-state index in [1.807, 2.05) is 0 Å². The van der Waals surface area contributed by atoms with Gasteiger partial charge in [0.15, 0.2) is 5.76 Å². The minimum atomic E-state index is -3.71. The number of sulfonamides is 1. The molecule has 0 spiro atoms. The van der Waals surface area contributed by atoms with Crippen LogP contribution in [-0.4, -0.2) is 61.8 Å². The van der Waals surface area contributed by atoms with Gasteiger partial charge < -0.3 is 14.4 Å². The molecule has 1 aromatic heterocycles. The highest BCUT2D eigenvalue weighted by Gasteiger charge is 2.34. The minimum Gasteiger partial charge on any atom is -0.481 e. The van der Waals surface area contributed by atoms with Gasteiger partial charge in [-0.05, 0) is 12.1 Å². The molecule has 116 valence electrons. The Kier molecular flexibility index (Phi) is 4.06. The van der Waals surface area contributed by atoms with E-state index in [0.29, 0.717) is 13.1 Å². The quantitative estimate of drug-likeness (QED) is 0.824. The highest BCUT2D eigenvalue weighted by Crippen LogP contribution is 2.24. The SMILES string of the molecule is CN(C)S(=O)(=O)c1ccc(C(=O)N2CC(CC(=O)O)C2)o1. The average molecular weight is 316 g/mol. The molecule has 1 aliphatic rings. The van der Waals surface area contributed by atoms with E-state index in [0.717, 1.165) is 4.31 Å². The Balaban J connectivity index is 2.03. The van der Waals surface area contributed by atoms with E-state index in [9.17, 15) is 18.0 Å². The van der Waals surface area contributed by atoms with Crippen molar-refractivity contribution < 1.29 is 27.5 Å². The fraction of sp³-hybridized carbons (Fsp3) is 0.500. The molecule has 0 radical (unpaired) electrons. The summed E-state index contributed by atoms with van der Waals surface area (Å²) in [6.45, 7) is 0.670. The lowest BCUT2D eigenvalue weighted by atomic mass is 9.96. The number of likely N-dealkylation sites (tertiary alicyclic amines) is 1. The Morgan fingerprint density at radius 1 is 1.38 bits per heavy atom. The summed E-state index contributed by atoms with van der Waals surface area (Å²) < 4.78 is 29.8. The zero-order chi connectivity index (χ0) is 15.8. The van der Waals surface area contributed by atoms with Gasteiger partial charge in [-0.25, -0.2) is 12.7 Å². The van der Waals surface area contributed by atoms with Crippen molar-refractivity contribution in [2.75, 3.05) is 27.2 Å². The molecule has 0 atom stereocenters. The zero-order valence-corrected chi connectivity index (χ0v) is 12.5. The number of rotatable bonds is 5. The fourth-order valence-corrected chi connectivity index (χ4v) is 2.82. The molecule has 2 heterocycles. The van der Waals surface area contributed by atoms with Crippen LogP contribution in [0.4, 0.5) is 0 Å². The third-order valence-electron chi connectivity index (χ3n) is 3.23. The monoisotopic (exact) mass is 316 g/mol. The standard InChI is InChI=1S/C12H16N2O6S/c1-13(2)21(18,19)11-4-3-9(20-11)12(17)14-6-8(7-14)5-10(15)16/h3-4,8H,5-7H2,1-2H3,(H,15,16). The smallest absolute Gasteiger partial charge is 0.303 e. The van der Waals surface area contributed by atoms with E-state index in [1.165, 1.54) is 31.1 Å². The number of amides is 1. The molecular weight excluding hydrogens is 300 g/mol. The largest absolute Gasteiger partial charge is 0.481 e. The molecular formula is C12H16N2O6S. The number of aliphatic carboxylic acids is 1. The van der Waals surface area contributed by atoms with Crippen LogP contribution in [0.2, 0.25) is 0 Å². The Hall–Kier alpha value is -1.87. The first-order chi connectivity index (χ1) is 9.71. The molecule has 0 bridgehead atoms. The van der Waals surface area contributed by atoms with E-state index >= 15 is 0 Å². The van der Waals surface area contributed by atoms with Crippen molar-refractivity contribution in [3.8, 4) is 0 Å². The fourth-order valence-electron chi connectivity index (χ4n) is 2.02. The second kappa shape index (κ2) is 5.49. The number of carboxylic acids is 1. The summed E-state index contributed by atoms with van der Waals surface area (Å²) in [5.41, 5.74) is 0. The van der Waals surface area contributed by atoms with Gasteiger partial charge in [-0.15, -0.1) is 0 Å². The zero-order valence-electron chi connectivity index (χ0n) is 11.6. The molecule has 1 saturated heterocycles. The van der Waals surface area contributed by atoms with Gasteiger partial charge in [0, 0.05) is 33.1 Å². The normalized spacial score (nSPS) is 16.0. The number of carbonyl (C=O) groups is 2. The molecule has 9 heteroatoms. The van der Waals surface area contributed by atoms with E-state index < -0.39 is 21.9 Å². The van der Waals surface area contributed by atoms with Gasteiger partial charge in [0.1, 0.15) is 0 Å². The lowest BCUT2D eigenvalue weighted by molar-refractivity contribution is -0.139. The molecule has 0 saturated carbocycles. The number of carbonyl (C=O) groups excluding carboxylic acids is 1. The van der Waals surface area contributed by atoms with Crippen molar-refractivity contribution in [2.24, 2.45) is 5.92 Å². The van der Waals surface area contributed by atoms with Crippen molar-refractivity contribution in [3.63, 3.8) is 0 Å². The predicted molar refractivity (Wildman–Crippen MR) is 71.2 cm³/mol. The first kappa shape index (κ1) is 15.5. The summed E-state index contributed by atoms with van der Waals surface area (Å²) in [4.78, 5) is 24.0. The topological polar surface area (TPSA) is 108 Å². The van der Waals surface area contributed by atoms with Crippen LogP contribution in [0.25, 0.3) is 0 Å². The van der Waals surface area contributed by atoms with E-state index in [4.69, 9.17) is 9.52 Å². The molecule has 8 nitrogen and oxygen atoms in total. The number of furan rings is 1. The van der Waals surface area contributed by atoms with Gasteiger partial charge in [0.25, 0.3) is 15.9 Å². The third kappa shape index (κ3) is 3.08. The maximum absolute atomic E-state index is 12.0. The van der Waals surface area contributed by atoms with Crippen LogP contribution in [0.5, 0.6) is 0 Å². The van der Waals surface area contributed by atoms with Gasteiger partial charge in [-0.3, -0.25) is 9.59 Å². The first-order valence-electron chi connectivity index (χ1n) is 6.25. The molecule has 21 heavy (non-hydrogen) atoms. The predicted octanol–water partition coefficient (Wildman–Crippen LogP) is 0.0766. The summed E-state index contributed by atoms with van der Waals surface area (Å²) in [5, 5.41) is 8.35. The number of carboxylic acid groups (broad SMARTS) is 1. The molecule has 0 aliphatic carbocycles. The minimum absolute atomic E-state index is 0.0161. The van der Waals surface area contributed by atoms with Gasteiger partial charge in [0.05, 0.1) is 6.42 Å². The van der Waals surface area contributed by atoms with Crippen LogP contribution in [0.15, 0.2) is 21.6 Å². The van der Waals surface area contributed by atoms with Crippen LogP contribution >= 0.6 is 0 Å². The summed E-state index contributed by atoms with van der Waals surface area (Å²) in [6.07, 6.45) is 0.0161.